The zero-order valence-corrected chi connectivity index (χ0v) is 19.0. The van der Waals surface area contributed by atoms with Crippen LogP contribution in [0.25, 0.3) is 0 Å². The van der Waals surface area contributed by atoms with Gasteiger partial charge in [0, 0.05) is 38.1 Å². The molecule has 0 unspecified atom stereocenters. The molecule has 0 saturated carbocycles. The van der Waals surface area contributed by atoms with Crippen molar-refractivity contribution in [2.75, 3.05) is 38.0 Å². The van der Waals surface area contributed by atoms with Crippen LogP contribution in [0.2, 0.25) is 5.02 Å². The maximum absolute atomic E-state index is 13.0. The van der Waals surface area contributed by atoms with E-state index in [1.54, 1.807) is 0 Å². The molecular weight excluding hydrogens is 461 g/mol. The van der Waals surface area contributed by atoms with Crippen molar-refractivity contribution >= 4 is 29.1 Å². The highest BCUT2D eigenvalue weighted by Crippen LogP contribution is 2.29. The molecule has 2 amide bonds. The molecule has 2 heterocycles. The van der Waals surface area contributed by atoms with Gasteiger partial charge in [-0.25, -0.2) is 0 Å². The Balaban J connectivity index is 1.56. The second kappa shape index (κ2) is 9.96. The van der Waals surface area contributed by atoms with Crippen molar-refractivity contribution in [2.24, 2.45) is 0 Å². The standard InChI is InChI=1S/C22H24ClF3N4O3/c1-14-4-3-5-15(2)20(14)27-18(31)12-28-6-8-29(9-7-28)19(32)13-30-11-16(22(24,25)26)10-17(23)21(30)33/h3-5,10-11H,6-9,12-13H2,1-2H3,(H,27,31). The van der Waals surface area contributed by atoms with Crippen LogP contribution < -0.4 is 10.9 Å². The number of piperazine rings is 1. The minimum absolute atomic E-state index is 0.151. The summed E-state index contributed by atoms with van der Waals surface area (Å²) >= 11 is 5.64. The van der Waals surface area contributed by atoms with Crippen LogP contribution in [0.3, 0.4) is 0 Å². The lowest BCUT2D eigenvalue weighted by atomic mass is 10.1. The third-order valence-electron chi connectivity index (χ3n) is 5.51. The van der Waals surface area contributed by atoms with Gasteiger partial charge in [0.15, 0.2) is 0 Å². The smallest absolute Gasteiger partial charge is 0.339 e. The van der Waals surface area contributed by atoms with Crippen molar-refractivity contribution in [2.45, 2.75) is 26.6 Å². The van der Waals surface area contributed by atoms with Crippen molar-refractivity contribution in [3.63, 3.8) is 0 Å². The molecule has 1 saturated heterocycles. The van der Waals surface area contributed by atoms with E-state index in [4.69, 9.17) is 11.6 Å². The first-order valence-corrected chi connectivity index (χ1v) is 10.7. The van der Waals surface area contributed by atoms with E-state index in [-0.39, 0.29) is 25.5 Å². The molecule has 0 bridgehead atoms. The third kappa shape index (κ3) is 6.14. The molecule has 1 aliphatic rings. The van der Waals surface area contributed by atoms with Gasteiger partial charge in [-0.05, 0) is 31.0 Å². The molecule has 11 heteroatoms. The van der Waals surface area contributed by atoms with Crippen molar-refractivity contribution in [3.05, 3.63) is 62.5 Å². The quantitative estimate of drug-likeness (QED) is 0.708. The highest BCUT2D eigenvalue weighted by Gasteiger charge is 2.32. The van der Waals surface area contributed by atoms with Crippen LogP contribution >= 0.6 is 11.6 Å². The first kappa shape index (κ1) is 24.8. The number of halogens is 4. The third-order valence-corrected chi connectivity index (χ3v) is 5.78. The van der Waals surface area contributed by atoms with Crippen molar-refractivity contribution in [1.29, 1.82) is 0 Å². The van der Waals surface area contributed by atoms with Crippen molar-refractivity contribution in [3.8, 4) is 0 Å². The van der Waals surface area contributed by atoms with E-state index in [1.165, 1.54) is 4.90 Å². The van der Waals surface area contributed by atoms with Gasteiger partial charge in [-0.1, -0.05) is 29.8 Å². The number of hydrogen-bond donors (Lipinski definition) is 1. The van der Waals surface area contributed by atoms with Gasteiger partial charge in [-0.2, -0.15) is 13.2 Å². The number of nitrogens with one attached hydrogen (secondary N) is 1. The molecule has 178 valence electrons. The number of alkyl halides is 3. The Labute approximate surface area is 193 Å². The number of amides is 2. The van der Waals surface area contributed by atoms with Crippen LogP contribution in [0.15, 0.2) is 35.3 Å². The van der Waals surface area contributed by atoms with E-state index in [1.807, 2.05) is 36.9 Å². The number of rotatable bonds is 5. The summed E-state index contributed by atoms with van der Waals surface area (Å²) in [5.74, 6) is -0.663. The summed E-state index contributed by atoms with van der Waals surface area (Å²) < 4.78 is 39.7. The van der Waals surface area contributed by atoms with E-state index in [9.17, 15) is 27.6 Å². The molecular formula is C22H24ClF3N4O3. The monoisotopic (exact) mass is 484 g/mol. The number of aryl methyl sites for hydroxylation is 2. The normalized spacial score (nSPS) is 14.9. The number of aromatic nitrogens is 1. The van der Waals surface area contributed by atoms with E-state index in [0.29, 0.717) is 29.9 Å². The molecule has 3 rings (SSSR count). The molecule has 0 atom stereocenters. The second-order valence-electron chi connectivity index (χ2n) is 7.98. The van der Waals surface area contributed by atoms with E-state index < -0.39 is 34.8 Å². The Bertz CT molecular complexity index is 1090. The highest BCUT2D eigenvalue weighted by molar-refractivity contribution is 6.30. The zero-order valence-electron chi connectivity index (χ0n) is 18.2. The molecule has 1 fully saturated rings. The summed E-state index contributed by atoms with van der Waals surface area (Å²) in [6, 6.07) is 6.29. The van der Waals surface area contributed by atoms with Crippen LogP contribution in [-0.2, 0) is 22.3 Å². The molecule has 1 N–H and O–H groups in total. The van der Waals surface area contributed by atoms with Crippen LogP contribution in [0.4, 0.5) is 18.9 Å². The Hall–Kier alpha value is -2.85. The molecule has 33 heavy (non-hydrogen) atoms. The second-order valence-corrected chi connectivity index (χ2v) is 8.39. The maximum atomic E-state index is 13.0. The lowest BCUT2D eigenvalue weighted by Gasteiger charge is -2.34. The van der Waals surface area contributed by atoms with E-state index >= 15 is 0 Å². The number of pyridine rings is 1. The van der Waals surface area contributed by atoms with Gasteiger partial charge >= 0.3 is 6.18 Å². The Morgan fingerprint density at radius 3 is 2.24 bits per heavy atom. The number of carbonyl (C=O) groups excluding carboxylic acids is 2. The first-order chi connectivity index (χ1) is 15.5. The van der Waals surface area contributed by atoms with Gasteiger partial charge in [0.1, 0.15) is 11.6 Å². The maximum Gasteiger partial charge on any atom is 0.417 e. The van der Waals surface area contributed by atoms with E-state index in [0.717, 1.165) is 16.8 Å². The number of hydrogen-bond acceptors (Lipinski definition) is 4. The largest absolute Gasteiger partial charge is 0.417 e. The summed E-state index contributed by atoms with van der Waals surface area (Å²) in [5, 5.41) is 2.32. The Morgan fingerprint density at radius 1 is 1.06 bits per heavy atom. The zero-order chi connectivity index (χ0) is 24.3. The molecule has 7 nitrogen and oxygen atoms in total. The number of anilines is 1. The average Bonchev–Trinajstić information content (AvgIpc) is 2.73. The van der Waals surface area contributed by atoms with Crippen molar-refractivity contribution in [1.82, 2.24) is 14.4 Å². The van der Waals surface area contributed by atoms with Crippen LogP contribution in [0, 0.1) is 13.8 Å². The van der Waals surface area contributed by atoms with Gasteiger partial charge in [-0.3, -0.25) is 19.3 Å². The molecule has 1 aliphatic heterocycles. The lowest BCUT2D eigenvalue weighted by molar-refractivity contribution is -0.139. The van der Waals surface area contributed by atoms with Crippen LogP contribution in [0.1, 0.15) is 16.7 Å². The predicted octanol–water partition coefficient (Wildman–Crippen LogP) is 2.92. The van der Waals surface area contributed by atoms with Gasteiger partial charge < -0.3 is 14.8 Å². The summed E-state index contributed by atoms with van der Waals surface area (Å²) in [4.78, 5) is 40.5. The van der Waals surface area contributed by atoms with Gasteiger partial charge in [-0.15, -0.1) is 0 Å². The molecule has 1 aromatic heterocycles. The number of para-hydroxylation sites is 1. The number of carbonyl (C=O) groups is 2. The number of benzene rings is 1. The minimum Gasteiger partial charge on any atom is -0.339 e. The molecule has 2 aromatic rings. The summed E-state index contributed by atoms with van der Waals surface area (Å²) in [6.45, 7) is 4.85. The molecule has 1 aromatic carbocycles. The first-order valence-electron chi connectivity index (χ1n) is 10.3. The fraction of sp³-hybridized carbons (Fsp3) is 0.409. The molecule has 0 spiro atoms. The van der Waals surface area contributed by atoms with Crippen LogP contribution in [0.5, 0.6) is 0 Å². The van der Waals surface area contributed by atoms with E-state index in [2.05, 4.69) is 5.32 Å². The van der Waals surface area contributed by atoms with Gasteiger partial charge in [0.05, 0.1) is 12.1 Å². The average molecular weight is 485 g/mol. The fourth-order valence-corrected chi connectivity index (χ4v) is 3.89. The van der Waals surface area contributed by atoms with Crippen molar-refractivity contribution < 1.29 is 22.8 Å². The minimum atomic E-state index is -4.69. The van der Waals surface area contributed by atoms with Crippen LogP contribution in [-0.4, -0.2) is 58.9 Å². The summed E-state index contributed by atoms with van der Waals surface area (Å²) in [5.41, 5.74) is 0.744. The molecule has 0 aliphatic carbocycles. The summed E-state index contributed by atoms with van der Waals surface area (Å²) in [6.07, 6.45) is -4.09. The highest BCUT2D eigenvalue weighted by atomic mass is 35.5. The Morgan fingerprint density at radius 2 is 1.67 bits per heavy atom. The van der Waals surface area contributed by atoms with Gasteiger partial charge in [0.25, 0.3) is 5.56 Å². The lowest BCUT2D eigenvalue weighted by Crippen LogP contribution is -2.51. The predicted molar refractivity (Wildman–Crippen MR) is 118 cm³/mol. The summed E-state index contributed by atoms with van der Waals surface area (Å²) in [7, 11) is 0. The fourth-order valence-electron chi connectivity index (χ4n) is 3.67. The van der Waals surface area contributed by atoms with Gasteiger partial charge in [0.2, 0.25) is 11.8 Å². The Kier molecular flexibility index (Phi) is 7.48. The SMILES string of the molecule is Cc1cccc(C)c1NC(=O)CN1CCN(C(=O)Cn2cc(C(F)(F)F)cc(Cl)c2=O)CC1. The molecule has 0 radical (unpaired) electrons. The topological polar surface area (TPSA) is 74.7 Å². The number of nitrogens with zero attached hydrogens (tertiary/aromatic N) is 3.